The molecule has 0 bridgehead atoms. The van der Waals surface area contributed by atoms with Crippen LogP contribution >= 0.6 is 22.9 Å². The van der Waals surface area contributed by atoms with Crippen molar-refractivity contribution in [1.29, 1.82) is 0 Å². The van der Waals surface area contributed by atoms with Crippen molar-refractivity contribution < 1.29 is 15.1 Å². The average Bonchev–Trinajstić information content (AvgIpc) is 3.19. The zero-order valence-corrected chi connectivity index (χ0v) is 12.4. The molecule has 2 heteroatoms. The minimum Gasteiger partial charge on any atom is -0.134 e. The van der Waals surface area contributed by atoms with Crippen LogP contribution in [0.4, 0.5) is 0 Å². The van der Waals surface area contributed by atoms with E-state index in [1.807, 2.05) is 0 Å². The lowest BCUT2D eigenvalue weighted by molar-refractivity contribution is 1.81. The quantitative estimate of drug-likeness (QED) is 0.286. The lowest BCUT2D eigenvalue weighted by Crippen LogP contribution is -1.75. The normalized spacial score (nSPS) is 18.9. The number of thiophene rings is 1. The standard InChI is InChI=1S/C20H11ClS/c21-17-10-14-7-3-4-8-15(14)20-19(17)16-9-12-5-1-2-6-13(12)11-18(16)22-20/h1-11H/i1D,2D,3D,4D,5D,6D,7D,8D,9D,10D,11D. The van der Waals surface area contributed by atoms with E-state index >= 15 is 0 Å². The first-order valence-electron chi connectivity index (χ1n) is 11.8. The molecule has 0 aliphatic rings. The zero-order valence-electron chi connectivity index (χ0n) is 21.8. The van der Waals surface area contributed by atoms with E-state index in [0.717, 1.165) is 11.3 Å². The number of benzene rings is 4. The average molecular weight is 330 g/mol. The molecule has 4 aromatic carbocycles. The molecule has 0 unspecified atom stereocenters. The molecule has 5 rings (SSSR count). The molecule has 0 fully saturated rings. The minimum absolute atomic E-state index is 0.0500. The van der Waals surface area contributed by atoms with E-state index in [2.05, 4.69) is 0 Å². The third-order valence-electron chi connectivity index (χ3n) is 3.45. The van der Waals surface area contributed by atoms with Gasteiger partial charge in [-0.15, -0.1) is 11.3 Å². The third-order valence-corrected chi connectivity index (χ3v) is 4.86. The summed E-state index contributed by atoms with van der Waals surface area (Å²) in [5.41, 5.74) is 0. The molecule has 22 heavy (non-hydrogen) atoms. The Kier molecular flexibility index (Phi) is 1.18. The number of hydrogen-bond acceptors (Lipinski definition) is 1. The number of rotatable bonds is 0. The van der Waals surface area contributed by atoms with Crippen molar-refractivity contribution in [1.82, 2.24) is 0 Å². The van der Waals surface area contributed by atoms with Crippen LogP contribution in [0.3, 0.4) is 0 Å². The van der Waals surface area contributed by atoms with E-state index in [4.69, 9.17) is 26.7 Å². The zero-order chi connectivity index (χ0) is 24.3. The summed E-state index contributed by atoms with van der Waals surface area (Å²) in [4.78, 5) is 0. The van der Waals surface area contributed by atoms with Crippen molar-refractivity contribution in [2.45, 2.75) is 0 Å². The molecule has 0 saturated carbocycles. The molecule has 0 saturated heterocycles. The second-order valence-electron chi connectivity index (χ2n) is 4.70. The molecule has 0 N–H and O–H groups in total. The summed E-state index contributed by atoms with van der Waals surface area (Å²) in [7, 11) is 0. The molecule has 0 nitrogen and oxygen atoms in total. The molecular weight excluding hydrogens is 308 g/mol. The maximum atomic E-state index is 8.78. The first-order valence-corrected chi connectivity index (χ1v) is 7.54. The second-order valence-corrected chi connectivity index (χ2v) is 6.10. The Balaban J connectivity index is 2.20. The predicted molar refractivity (Wildman–Crippen MR) is 99.4 cm³/mol. The van der Waals surface area contributed by atoms with Gasteiger partial charge in [-0.2, -0.15) is 0 Å². The Bertz CT molecular complexity index is 1740. The largest absolute Gasteiger partial charge is 0.134 e. The molecule has 0 aliphatic heterocycles. The van der Waals surface area contributed by atoms with E-state index in [0.29, 0.717) is 0 Å². The first kappa shape index (κ1) is 5.84. The van der Waals surface area contributed by atoms with E-state index in [-0.39, 0.29) is 70.9 Å². The van der Waals surface area contributed by atoms with Crippen LogP contribution in [0.15, 0.2) is 66.5 Å². The van der Waals surface area contributed by atoms with Crippen molar-refractivity contribution in [2.75, 3.05) is 0 Å². The first-order chi connectivity index (χ1) is 15.4. The highest BCUT2D eigenvalue weighted by Crippen LogP contribution is 2.43. The fourth-order valence-corrected chi connectivity index (χ4v) is 4.02. The third kappa shape index (κ3) is 1.64. The van der Waals surface area contributed by atoms with Gasteiger partial charge in [-0.3, -0.25) is 0 Å². The van der Waals surface area contributed by atoms with Gasteiger partial charge in [0.15, 0.2) is 0 Å². The molecule has 0 atom stereocenters. The highest BCUT2D eigenvalue weighted by atomic mass is 35.5. The summed E-state index contributed by atoms with van der Waals surface area (Å²) in [5.74, 6) is 0. The van der Waals surface area contributed by atoms with Crippen molar-refractivity contribution in [3.63, 3.8) is 0 Å². The van der Waals surface area contributed by atoms with E-state index < -0.39 is 42.3 Å². The second kappa shape index (κ2) is 4.45. The molecule has 0 aliphatic carbocycles. The summed E-state index contributed by atoms with van der Waals surface area (Å²) in [6.45, 7) is 0. The maximum absolute atomic E-state index is 8.78. The van der Waals surface area contributed by atoms with E-state index in [1.54, 1.807) is 0 Å². The number of hydrogen-bond donors (Lipinski definition) is 0. The SMILES string of the molecule is [2H]c1c([2H])c([2H])c2c([2H])c3c(sc4c5c([2H])c([2H])c([2H])c([2H])c5c([2H])c(Cl)c43)c([2H])c2c1[2H]. The van der Waals surface area contributed by atoms with Crippen LogP contribution in [0, 0.1) is 0 Å². The van der Waals surface area contributed by atoms with Gasteiger partial charge in [0.1, 0.15) is 0 Å². The number of fused-ring (bicyclic) bond motifs is 6. The monoisotopic (exact) mass is 329 g/mol. The molecule has 0 amide bonds. The van der Waals surface area contributed by atoms with Gasteiger partial charge in [0.05, 0.1) is 20.1 Å². The van der Waals surface area contributed by atoms with Crippen molar-refractivity contribution in [2.24, 2.45) is 0 Å². The highest BCUT2D eigenvalue weighted by molar-refractivity contribution is 7.26. The summed E-state index contributed by atoms with van der Waals surface area (Å²) >= 11 is 7.47. The molecule has 1 aromatic heterocycles. The summed E-state index contributed by atoms with van der Waals surface area (Å²) in [5, 5.41) is -0.153. The van der Waals surface area contributed by atoms with E-state index in [9.17, 15) is 0 Å². The van der Waals surface area contributed by atoms with Crippen LogP contribution in [-0.2, 0) is 0 Å². The Morgan fingerprint density at radius 3 is 2.27 bits per heavy atom. The van der Waals surface area contributed by atoms with Gasteiger partial charge < -0.3 is 0 Å². The Hall–Kier alpha value is -2.09. The fraction of sp³-hybridized carbons (Fsp3) is 0. The van der Waals surface area contributed by atoms with Gasteiger partial charge in [0.25, 0.3) is 0 Å². The van der Waals surface area contributed by atoms with Gasteiger partial charge in [0.2, 0.25) is 0 Å². The predicted octanol–water partition coefficient (Wildman–Crippen LogP) is 7.01. The molecule has 0 spiro atoms. The summed E-state index contributed by atoms with van der Waals surface area (Å²) < 4.78 is 91.6. The van der Waals surface area contributed by atoms with Gasteiger partial charge in [0, 0.05) is 20.2 Å². The molecule has 1 heterocycles. The highest BCUT2D eigenvalue weighted by Gasteiger charge is 2.12. The minimum atomic E-state index is -0.536. The van der Waals surface area contributed by atoms with Gasteiger partial charge in [-0.05, 0) is 39.7 Å². The van der Waals surface area contributed by atoms with Crippen molar-refractivity contribution in [3.8, 4) is 0 Å². The Morgan fingerprint density at radius 2 is 1.45 bits per heavy atom. The van der Waals surface area contributed by atoms with Crippen molar-refractivity contribution in [3.05, 3.63) is 71.5 Å². The topological polar surface area (TPSA) is 0 Å². The lowest BCUT2D eigenvalue weighted by atomic mass is 10.0. The molecule has 0 radical (unpaired) electrons. The van der Waals surface area contributed by atoms with E-state index in [1.165, 1.54) is 0 Å². The molecule has 104 valence electrons. The van der Waals surface area contributed by atoms with Gasteiger partial charge in [-0.1, -0.05) is 59.9 Å². The molecule has 5 aromatic rings. The lowest BCUT2D eigenvalue weighted by Gasteiger charge is -2.02. The summed E-state index contributed by atoms with van der Waals surface area (Å²) in [6.07, 6.45) is 0. The van der Waals surface area contributed by atoms with Gasteiger partial charge in [-0.25, -0.2) is 0 Å². The maximum Gasteiger partial charge on any atom is 0.0645 e. The van der Waals surface area contributed by atoms with Crippen LogP contribution < -0.4 is 0 Å². The molecular formula is C20H11ClS. The van der Waals surface area contributed by atoms with Crippen LogP contribution in [0.1, 0.15) is 15.1 Å². The smallest absolute Gasteiger partial charge is 0.0645 e. The Labute approximate surface area is 152 Å². The summed E-state index contributed by atoms with van der Waals surface area (Å²) in [6, 6.07) is -4.61. The number of halogens is 1. The van der Waals surface area contributed by atoms with Crippen molar-refractivity contribution >= 4 is 64.7 Å². The Morgan fingerprint density at radius 1 is 0.773 bits per heavy atom. The fourth-order valence-electron chi connectivity index (χ4n) is 2.51. The van der Waals surface area contributed by atoms with Crippen LogP contribution in [-0.4, -0.2) is 0 Å². The van der Waals surface area contributed by atoms with Crippen LogP contribution in [0.2, 0.25) is 5.02 Å². The van der Waals surface area contributed by atoms with Gasteiger partial charge >= 0.3 is 0 Å². The van der Waals surface area contributed by atoms with Crippen LogP contribution in [0.25, 0.3) is 41.7 Å². The van der Waals surface area contributed by atoms with Crippen LogP contribution in [0.5, 0.6) is 0 Å².